The molecule has 1 N–H and O–H groups in total. The fourth-order valence-electron chi connectivity index (χ4n) is 3.69. The molecule has 1 amide bonds. The Morgan fingerprint density at radius 2 is 1.82 bits per heavy atom. The first-order valence-electron chi connectivity index (χ1n) is 11.0. The standard InChI is InChI=1S/C25H27N5O3/c1-4-5-6-18-7-11-20(12-8-18)27-24(31)16-29-25(32)30-17(2)26-22(15-23(30)28-29)19-9-13-21(33-3)14-10-19/h7-15H,4-6,16H2,1-3H3,(H,27,31). The minimum atomic E-state index is -0.402. The van der Waals surface area contributed by atoms with Crippen molar-refractivity contribution in [2.24, 2.45) is 0 Å². The topological polar surface area (TPSA) is 90.5 Å². The maximum atomic E-state index is 12.8. The van der Waals surface area contributed by atoms with E-state index in [1.165, 1.54) is 9.96 Å². The average molecular weight is 446 g/mol. The van der Waals surface area contributed by atoms with E-state index in [2.05, 4.69) is 22.3 Å². The number of hydrogen-bond donors (Lipinski definition) is 1. The number of rotatable bonds is 8. The Morgan fingerprint density at radius 3 is 2.48 bits per heavy atom. The Morgan fingerprint density at radius 1 is 1.09 bits per heavy atom. The molecular formula is C25H27N5O3. The molecule has 0 spiro atoms. The van der Waals surface area contributed by atoms with Gasteiger partial charge in [0.25, 0.3) is 0 Å². The summed E-state index contributed by atoms with van der Waals surface area (Å²) in [6.07, 6.45) is 3.30. The molecule has 170 valence electrons. The molecule has 0 radical (unpaired) electrons. The van der Waals surface area contributed by atoms with Crippen LogP contribution in [0.4, 0.5) is 5.69 Å². The summed E-state index contributed by atoms with van der Waals surface area (Å²) >= 11 is 0. The number of carbonyl (C=O) groups excluding carboxylic acids is 1. The van der Waals surface area contributed by atoms with Crippen LogP contribution in [0, 0.1) is 6.92 Å². The van der Waals surface area contributed by atoms with E-state index in [9.17, 15) is 9.59 Å². The molecule has 33 heavy (non-hydrogen) atoms. The minimum absolute atomic E-state index is 0.185. The molecule has 0 aliphatic heterocycles. The van der Waals surface area contributed by atoms with Crippen molar-refractivity contribution >= 4 is 17.2 Å². The van der Waals surface area contributed by atoms with Gasteiger partial charge in [0.05, 0.1) is 12.8 Å². The lowest BCUT2D eigenvalue weighted by Crippen LogP contribution is -2.28. The van der Waals surface area contributed by atoms with Crippen LogP contribution in [0.15, 0.2) is 59.4 Å². The van der Waals surface area contributed by atoms with Crippen LogP contribution >= 0.6 is 0 Å². The van der Waals surface area contributed by atoms with E-state index in [1.54, 1.807) is 20.1 Å². The van der Waals surface area contributed by atoms with Crippen LogP contribution in [0.25, 0.3) is 16.9 Å². The van der Waals surface area contributed by atoms with Gasteiger partial charge < -0.3 is 10.1 Å². The maximum absolute atomic E-state index is 12.8. The highest BCUT2D eigenvalue weighted by Gasteiger charge is 2.15. The van der Waals surface area contributed by atoms with Crippen LogP contribution in [-0.2, 0) is 17.8 Å². The van der Waals surface area contributed by atoms with E-state index >= 15 is 0 Å². The summed E-state index contributed by atoms with van der Waals surface area (Å²) in [4.78, 5) is 29.9. The number of ether oxygens (including phenoxy) is 1. The van der Waals surface area contributed by atoms with Crippen molar-refractivity contribution in [2.45, 2.75) is 39.7 Å². The van der Waals surface area contributed by atoms with E-state index in [4.69, 9.17) is 4.74 Å². The number of aryl methyl sites for hydroxylation is 2. The molecule has 4 rings (SSSR count). The highest BCUT2D eigenvalue weighted by Crippen LogP contribution is 2.22. The molecule has 2 heterocycles. The Hall–Kier alpha value is -3.94. The SMILES string of the molecule is CCCCc1ccc(NC(=O)Cn2nc3cc(-c4ccc(OC)cc4)nc(C)n3c2=O)cc1. The lowest BCUT2D eigenvalue weighted by Gasteiger charge is -2.06. The monoisotopic (exact) mass is 445 g/mol. The Bertz CT molecular complexity index is 1320. The Kier molecular flexibility index (Phi) is 6.53. The van der Waals surface area contributed by atoms with Crippen molar-refractivity contribution in [2.75, 3.05) is 12.4 Å². The van der Waals surface area contributed by atoms with E-state index in [1.807, 2.05) is 48.5 Å². The first-order chi connectivity index (χ1) is 16.0. The molecule has 0 unspecified atom stereocenters. The molecule has 0 saturated carbocycles. The summed E-state index contributed by atoms with van der Waals surface area (Å²) in [5.74, 6) is 0.930. The zero-order valence-corrected chi connectivity index (χ0v) is 19.0. The van der Waals surface area contributed by atoms with Gasteiger partial charge in [-0.15, -0.1) is 5.10 Å². The number of methoxy groups -OCH3 is 1. The third-order valence-electron chi connectivity index (χ3n) is 5.47. The fourth-order valence-corrected chi connectivity index (χ4v) is 3.69. The number of anilines is 1. The molecule has 4 aromatic rings. The van der Waals surface area contributed by atoms with Crippen molar-refractivity contribution in [1.29, 1.82) is 0 Å². The van der Waals surface area contributed by atoms with Crippen molar-refractivity contribution in [3.8, 4) is 17.0 Å². The van der Waals surface area contributed by atoms with Gasteiger partial charge in [-0.3, -0.25) is 4.79 Å². The number of hydrogen-bond acceptors (Lipinski definition) is 5. The summed E-state index contributed by atoms with van der Waals surface area (Å²) in [7, 11) is 1.61. The van der Waals surface area contributed by atoms with Gasteiger partial charge >= 0.3 is 5.69 Å². The first kappa shape index (κ1) is 22.3. The van der Waals surface area contributed by atoms with E-state index < -0.39 is 5.69 Å². The van der Waals surface area contributed by atoms with Crippen LogP contribution in [0.5, 0.6) is 5.75 Å². The van der Waals surface area contributed by atoms with Crippen molar-refractivity contribution in [3.63, 3.8) is 0 Å². The number of unbranched alkanes of at least 4 members (excludes halogenated alkanes) is 1. The van der Waals surface area contributed by atoms with Crippen molar-refractivity contribution < 1.29 is 9.53 Å². The van der Waals surface area contributed by atoms with Gasteiger partial charge in [0.2, 0.25) is 5.91 Å². The predicted octanol–water partition coefficient (Wildman–Crippen LogP) is 3.86. The summed E-state index contributed by atoms with van der Waals surface area (Å²) in [6.45, 7) is 3.72. The van der Waals surface area contributed by atoms with Gasteiger partial charge in [0, 0.05) is 17.3 Å². The Balaban J connectivity index is 1.53. The summed E-state index contributed by atoms with van der Waals surface area (Å²) in [5.41, 5.74) is 3.53. The molecule has 2 aromatic carbocycles. The molecule has 0 saturated heterocycles. The molecule has 0 aliphatic rings. The van der Waals surface area contributed by atoms with Crippen LogP contribution in [0.1, 0.15) is 31.2 Å². The average Bonchev–Trinajstić information content (AvgIpc) is 3.13. The zero-order chi connectivity index (χ0) is 23.4. The number of benzene rings is 2. The van der Waals surface area contributed by atoms with Gasteiger partial charge in [-0.1, -0.05) is 25.5 Å². The van der Waals surface area contributed by atoms with Gasteiger partial charge in [-0.25, -0.2) is 18.9 Å². The smallest absolute Gasteiger partial charge is 0.352 e. The van der Waals surface area contributed by atoms with E-state index in [0.717, 1.165) is 35.3 Å². The van der Waals surface area contributed by atoms with Gasteiger partial charge in [-0.05, 0) is 61.7 Å². The highest BCUT2D eigenvalue weighted by molar-refractivity contribution is 5.90. The van der Waals surface area contributed by atoms with Crippen molar-refractivity contribution in [1.82, 2.24) is 19.2 Å². The number of carbonyl (C=O) groups is 1. The largest absolute Gasteiger partial charge is 0.497 e. The van der Waals surface area contributed by atoms with Crippen LogP contribution in [0.2, 0.25) is 0 Å². The fraction of sp³-hybridized carbons (Fsp3) is 0.280. The molecule has 8 nitrogen and oxygen atoms in total. The zero-order valence-electron chi connectivity index (χ0n) is 19.0. The summed E-state index contributed by atoms with van der Waals surface area (Å²) in [6, 6.07) is 17.0. The number of nitrogens with zero attached hydrogens (tertiary/aromatic N) is 4. The van der Waals surface area contributed by atoms with E-state index in [-0.39, 0.29) is 12.5 Å². The second kappa shape index (κ2) is 9.68. The summed E-state index contributed by atoms with van der Waals surface area (Å²) < 4.78 is 7.76. The quantitative estimate of drug-likeness (QED) is 0.445. The van der Waals surface area contributed by atoms with Crippen LogP contribution < -0.4 is 15.7 Å². The minimum Gasteiger partial charge on any atom is -0.497 e. The molecule has 8 heteroatoms. The molecular weight excluding hydrogens is 418 g/mol. The third kappa shape index (κ3) is 4.95. The third-order valence-corrected chi connectivity index (χ3v) is 5.47. The van der Waals surface area contributed by atoms with Gasteiger partial charge in [0.15, 0.2) is 5.65 Å². The molecule has 0 bridgehead atoms. The molecule has 2 aromatic heterocycles. The van der Waals surface area contributed by atoms with Gasteiger partial charge in [-0.2, -0.15) is 0 Å². The number of nitrogens with one attached hydrogen (secondary N) is 1. The maximum Gasteiger partial charge on any atom is 0.352 e. The lowest BCUT2D eigenvalue weighted by atomic mass is 10.1. The second-order valence-electron chi connectivity index (χ2n) is 7.90. The van der Waals surface area contributed by atoms with Crippen LogP contribution in [0.3, 0.4) is 0 Å². The Labute approximate surface area is 191 Å². The normalized spacial score (nSPS) is 11.0. The molecule has 0 fully saturated rings. The first-order valence-corrected chi connectivity index (χ1v) is 11.0. The number of aromatic nitrogens is 4. The highest BCUT2D eigenvalue weighted by atomic mass is 16.5. The molecule has 0 atom stereocenters. The number of amides is 1. The van der Waals surface area contributed by atoms with Gasteiger partial charge in [0.1, 0.15) is 18.1 Å². The molecule has 0 aliphatic carbocycles. The van der Waals surface area contributed by atoms with Crippen LogP contribution in [-0.4, -0.2) is 32.2 Å². The van der Waals surface area contributed by atoms with Crippen molar-refractivity contribution in [3.05, 3.63) is 76.5 Å². The predicted molar refractivity (Wildman–Crippen MR) is 128 cm³/mol. The second-order valence-corrected chi connectivity index (χ2v) is 7.90. The number of fused-ring (bicyclic) bond motifs is 1. The lowest BCUT2D eigenvalue weighted by molar-refractivity contribution is -0.117. The summed E-state index contributed by atoms with van der Waals surface area (Å²) in [5, 5.41) is 7.20. The van der Waals surface area contributed by atoms with E-state index in [0.29, 0.717) is 22.9 Å².